The van der Waals surface area contributed by atoms with Crippen LogP contribution in [0.5, 0.6) is 0 Å². The van der Waals surface area contributed by atoms with Gasteiger partial charge in [0.15, 0.2) is 0 Å². The Morgan fingerprint density at radius 2 is 1.33 bits per heavy atom. The first-order valence-electron chi connectivity index (χ1n) is 13.7. The zero-order chi connectivity index (χ0) is 30.6. The second-order valence-electron chi connectivity index (χ2n) is 10.4. The van der Waals surface area contributed by atoms with Crippen LogP contribution in [-0.2, 0) is 23.6 Å². The van der Waals surface area contributed by atoms with E-state index in [0.717, 1.165) is 22.3 Å². The van der Waals surface area contributed by atoms with Gasteiger partial charge in [-0.2, -0.15) is 0 Å². The van der Waals surface area contributed by atoms with Crippen LogP contribution in [0.4, 0.5) is 11.4 Å². The molecule has 1 aromatic heterocycles. The van der Waals surface area contributed by atoms with Crippen molar-refractivity contribution >= 4 is 33.2 Å². The van der Waals surface area contributed by atoms with Gasteiger partial charge in [-0.15, -0.1) is 0 Å². The van der Waals surface area contributed by atoms with Crippen LogP contribution >= 0.6 is 0 Å². The Morgan fingerprint density at radius 3 is 1.98 bits per heavy atom. The van der Waals surface area contributed by atoms with Crippen LogP contribution in [-0.4, -0.2) is 24.8 Å². The van der Waals surface area contributed by atoms with E-state index >= 15 is 0 Å². The van der Waals surface area contributed by atoms with Gasteiger partial charge in [-0.3, -0.25) is 14.3 Å². The fourth-order valence-corrected chi connectivity index (χ4v) is 5.66. The molecule has 218 valence electrons. The highest BCUT2D eigenvalue weighted by Gasteiger charge is 2.20. The normalized spacial score (nSPS) is 11.1. The van der Waals surface area contributed by atoms with Crippen LogP contribution in [0.3, 0.4) is 0 Å². The predicted octanol–water partition coefficient (Wildman–Crippen LogP) is 6.29. The lowest BCUT2D eigenvalue weighted by atomic mass is 10.0. The molecule has 0 radical (unpaired) electrons. The number of nitrogens with one attached hydrogen (secondary N) is 3. The third-order valence-electron chi connectivity index (χ3n) is 7.03. The van der Waals surface area contributed by atoms with E-state index in [0.29, 0.717) is 17.9 Å². The molecule has 5 rings (SSSR count). The summed E-state index contributed by atoms with van der Waals surface area (Å²) in [5.41, 5.74) is 6.37. The van der Waals surface area contributed by atoms with Gasteiger partial charge in [-0.05, 0) is 60.9 Å². The fraction of sp³-hybridized carbons (Fsp3) is 0.118. The summed E-state index contributed by atoms with van der Waals surface area (Å²) in [6.07, 6.45) is 1.63. The lowest BCUT2D eigenvalue weighted by Gasteiger charge is -2.12. The number of para-hydroxylation sites is 1. The average molecular weight is 593 g/mol. The molecule has 0 saturated heterocycles. The molecule has 8 nitrogen and oxygen atoms in total. The van der Waals surface area contributed by atoms with Gasteiger partial charge in [0.05, 0.1) is 21.8 Å². The number of aryl methyl sites for hydroxylation is 3. The van der Waals surface area contributed by atoms with E-state index in [1.54, 1.807) is 48.1 Å². The second-order valence-corrected chi connectivity index (χ2v) is 12.1. The van der Waals surface area contributed by atoms with Gasteiger partial charge >= 0.3 is 0 Å². The minimum atomic E-state index is -3.91. The van der Waals surface area contributed by atoms with Gasteiger partial charge in [0, 0.05) is 19.8 Å². The molecular formula is C34H32N4O4S. The molecule has 9 heteroatoms. The number of aromatic nitrogens is 1. The molecule has 0 aliphatic rings. The molecule has 0 unspecified atom stereocenters. The highest BCUT2D eigenvalue weighted by atomic mass is 32.2. The SMILES string of the molecule is Cc1ccc(-c2ccc(CNC(=O)c3cc(NC(=O)c4ccccc4NS(=O)(=O)c4ccc(C)cc4)cn3C)cc2)cc1. The Morgan fingerprint density at radius 1 is 0.744 bits per heavy atom. The minimum Gasteiger partial charge on any atom is -0.347 e. The molecule has 0 atom stereocenters. The molecular weight excluding hydrogens is 560 g/mol. The standard InChI is InChI=1S/C34H32N4O4S/c1-23-8-14-26(15-9-23)27-16-12-25(13-17-27)21-35-34(40)32-20-28(22-38(32)3)36-33(39)30-6-4-5-7-31(30)37-43(41,42)29-18-10-24(2)11-19-29/h4-20,22,37H,21H2,1-3H3,(H,35,40)(H,36,39). The first-order valence-corrected chi connectivity index (χ1v) is 15.2. The third kappa shape index (κ3) is 7.02. The summed E-state index contributed by atoms with van der Waals surface area (Å²) in [6, 6.07) is 30.7. The molecule has 0 fully saturated rings. The number of hydrogen-bond acceptors (Lipinski definition) is 4. The highest BCUT2D eigenvalue weighted by Crippen LogP contribution is 2.23. The van der Waals surface area contributed by atoms with Gasteiger partial charge in [-0.25, -0.2) is 8.42 Å². The Bertz CT molecular complexity index is 1880. The Balaban J connectivity index is 1.23. The lowest BCUT2D eigenvalue weighted by molar-refractivity contribution is 0.0941. The molecule has 0 aliphatic carbocycles. The number of carbonyl (C=O) groups excluding carboxylic acids is 2. The molecule has 0 saturated carbocycles. The number of anilines is 2. The van der Waals surface area contributed by atoms with Crippen molar-refractivity contribution in [2.75, 3.05) is 10.0 Å². The van der Waals surface area contributed by atoms with E-state index in [-0.39, 0.29) is 22.1 Å². The van der Waals surface area contributed by atoms with Crippen LogP contribution < -0.4 is 15.4 Å². The molecule has 0 aliphatic heterocycles. The summed E-state index contributed by atoms with van der Waals surface area (Å²) >= 11 is 0. The quantitative estimate of drug-likeness (QED) is 0.187. The van der Waals surface area contributed by atoms with Gasteiger partial charge in [0.25, 0.3) is 21.8 Å². The monoisotopic (exact) mass is 592 g/mol. The third-order valence-corrected chi connectivity index (χ3v) is 8.42. The van der Waals surface area contributed by atoms with Crippen LogP contribution in [0.15, 0.2) is 114 Å². The number of nitrogens with zero attached hydrogens (tertiary/aromatic N) is 1. The Hall–Kier alpha value is -5.15. The van der Waals surface area contributed by atoms with Crippen molar-refractivity contribution in [1.29, 1.82) is 0 Å². The molecule has 43 heavy (non-hydrogen) atoms. The molecule has 0 bridgehead atoms. The maximum Gasteiger partial charge on any atom is 0.268 e. The summed E-state index contributed by atoms with van der Waals surface area (Å²) < 4.78 is 30.0. The molecule has 0 spiro atoms. The number of carbonyl (C=O) groups is 2. The first kappa shape index (κ1) is 29.3. The van der Waals surface area contributed by atoms with Crippen molar-refractivity contribution in [1.82, 2.24) is 9.88 Å². The molecule has 4 aromatic carbocycles. The van der Waals surface area contributed by atoms with Crippen LogP contribution in [0.1, 0.15) is 37.5 Å². The fourth-order valence-electron chi connectivity index (χ4n) is 4.58. The van der Waals surface area contributed by atoms with Gasteiger partial charge in [-0.1, -0.05) is 83.9 Å². The van der Waals surface area contributed by atoms with Crippen LogP contribution in [0.25, 0.3) is 11.1 Å². The Kier molecular flexibility index (Phi) is 8.45. The van der Waals surface area contributed by atoms with Crippen molar-refractivity contribution in [3.05, 3.63) is 137 Å². The largest absolute Gasteiger partial charge is 0.347 e. The van der Waals surface area contributed by atoms with Gasteiger partial charge in [0.2, 0.25) is 0 Å². The van der Waals surface area contributed by atoms with Crippen molar-refractivity contribution < 1.29 is 18.0 Å². The molecule has 5 aromatic rings. The molecule has 1 heterocycles. The van der Waals surface area contributed by atoms with Crippen LogP contribution in [0, 0.1) is 13.8 Å². The smallest absolute Gasteiger partial charge is 0.268 e. The first-order chi connectivity index (χ1) is 20.6. The number of rotatable bonds is 9. The Labute approximate surface area is 251 Å². The zero-order valence-corrected chi connectivity index (χ0v) is 24.9. The van der Waals surface area contributed by atoms with E-state index in [2.05, 4.69) is 46.5 Å². The molecule has 3 N–H and O–H groups in total. The maximum absolute atomic E-state index is 13.2. The summed E-state index contributed by atoms with van der Waals surface area (Å²) in [5.74, 6) is -0.815. The summed E-state index contributed by atoms with van der Waals surface area (Å²) in [7, 11) is -2.19. The second kappa shape index (κ2) is 12.4. The predicted molar refractivity (Wildman–Crippen MR) is 170 cm³/mol. The number of amides is 2. The summed E-state index contributed by atoms with van der Waals surface area (Å²) in [5, 5.41) is 5.70. The van der Waals surface area contributed by atoms with E-state index in [1.165, 1.54) is 29.8 Å². The van der Waals surface area contributed by atoms with Crippen molar-refractivity contribution in [3.63, 3.8) is 0 Å². The zero-order valence-electron chi connectivity index (χ0n) is 24.1. The van der Waals surface area contributed by atoms with Gasteiger partial charge < -0.3 is 15.2 Å². The topological polar surface area (TPSA) is 109 Å². The van der Waals surface area contributed by atoms with E-state index < -0.39 is 15.9 Å². The highest BCUT2D eigenvalue weighted by molar-refractivity contribution is 7.92. The maximum atomic E-state index is 13.2. The summed E-state index contributed by atoms with van der Waals surface area (Å²) in [6.45, 7) is 4.26. The van der Waals surface area contributed by atoms with Crippen molar-refractivity contribution in [3.8, 4) is 11.1 Å². The summed E-state index contributed by atoms with van der Waals surface area (Å²) in [4.78, 5) is 26.3. The number of sulfonamides is 1. The van der Waals surface area contributed by atoms with Crippen molar-refractivity contribution in [2.24, 2.45) is 7.05 Å². The number of benzene rings is 4. The van der Waals surface area contributed by atoms with Crippen molar-refractivity contribution in [2.45, 2.75) is 25.3 Å². The average Bonchev–Trinajstić information content (AvgIpc) is 3.36. The molecule has 2 amide bonds. The van der Waals surface area contributed by atoms with Crippen LogP contribution in [0.2, 0.25) is 0 Å². The number of hydrogen-bond donors (Lipinski definition) is 3. The van der Waals surface area contributed by atoms with E-state index in [1.807, 2.05) is 31.2 Å². The van der Waals surface area contributed by atoms with E-state index in [4.69, 9.17) is 0 Å². The minimum absolute atomic E-state index is 0.0919. The van der Waals surface area contributed by atoms with E-state index in [9.17, 15) is 18.0 Å². The lowest BCUT2D eigenvalue weighted by Crippen LogP contribution is -2.24. The van der Waals surface area contributed by atoms with Gasteiger partial charge in [0.1, 0.15) is 5.69 Å².